The van der Waals surface area contributed by atoms with Crippen LogP contribution in [-0.2, 0) is 6.42 Å². The lowest BCUT2D eigenvalue weighted by molar-refractivity contribution is -0.384. The molecule has 0 bridgehead atoms. The van der Waals surface area contributed by atoms with E-state index in [1.54, 1.807) is 0 Å². The number of nitro groups is 1. The molecule has 9 heteroatoms. The number of hydrogen-bond acceptors (Lipinski definition) is 7. The van der Waals surface area contributed by atoms with Gasteiger partial charge in [-0.2, -0.15) is 0 Å². The number of hydrazine groups is 1. The van der Waals surface area contributed by atoms with Crippen LogP contribution >= 0.6 is 11.6 Å². The Hall–Kier alpha value is -2.45. The molecule has 1 aromatic carbocycles. The smallest absolute Gasteiger partial charge is 0.288 e. The number of nitrogens with zero attached hydrogens (tertiary/aromatic N) is 3. The molecule has 110 valence electrons. The summed E-state index contributed by atoms with van der Waals surface area (Å²) in [5, 5.41) is 10.7. The van der Waals surface area contributed by atoms with Crippen molar-refractivity contribution in [3.63, 3.8) is 0 Å². The van der Waals surface area contributed by atoms with E-state index in [2.05, 4.69) is 15.4 Å². The summed E-state index contributed by atoms with van der Waals surface area (Å²) in [4.78, 5) is 18.2. The molecule has 8 nitrogen and oxygen atoms in total. The van der Waals surface area contributed by atoms with Gasteiger partial charge in [-0.25, -0.2) is 15.8 Å². The van der Waals surface area contributed by atoms with Gasteiger partial charge < -0.3 is 10.2 Å². The molecule has 3 N–H and O–H groups in total. The molecule has 21 heavy (non-hydrogen) atoms. The van der Waals surface area contributed by atoms with Crippen molar-refractivity contribution in [1.29, 1.82) is 0 Å². The number of nitro benzene ring substituents is 1. The summed E-state index contributed by atoms with van der Waals surface area (Å²) in [6.45, 7) is 1.90. The van der Waals surface area contributed by atoms with Crippen molar-refractivity contribution in [3.05, 3.63) is 45.2 Å². The Kier molecular flexibility index (Phi) is 4.51. The molecule has 0 saturated heterocycles. The van der Waals surface area contributed by atoms with E-state index in [0.717, 1.165) is 0 Å². The summed E-state index contributed by atoms with van der Waals surface area (Å²) >= 11 is 5.84. The van der Waals surface area contributed by atoms with Gasteiger partial charge in [0.05, 0.1) is 10.5 Å². The minimum atomic E-state index is -0.565. The Morgan fingerprint density at radius 3 is 2.81 bits per heavy atom. The van der Waals surface area contributed by atoms with Crippen LogP contribution in [-0.4, -0.2) is 14.9 Å². The van der Waals surface area contributed by atoms with Gasteiger partial charge in [-0.1, -0.05) is 18.5 Å². The zero-order valence-electron chi connectivity index (χ0n) is 11.0. The Morgan fingerprint density at radius 2 is 2.24 bits per heavy atom. The zero-order valence-corrected chi connectivity index (χ0v) is 11.8. The third-order valence-electron chi connectivity index (χ3n) is 2.73. The van der Waals surface area contributed by atoms with Crippen LogP contribution in [0.4, 0.5) is 11.5 Å². The fourth-order valence-electron chi connectivity index (χ4n) is 1.74. The second-order valence-corrected chi connectivity index (χ2v) is 4.38. The monoisotopic (exact) mass is 309 g/mol. The predicted molar refractivity (Wildman–Crippen MR) is 77.4 cm³/mol. The third kappa shape index (κ3) is 3.18. The van der Waals surface area contributed by atoms with Gasteiger partial charge in [0.1, 0.15) is 22.9 Å². The van der Waals surface area contributed by atoms with Gasteiger partial charge in [-0.3, -0.25) is 10.1 Å². The number of nitrogens with two attached hydrogens (primary N) is 1. The number of benzene rings is 1. The molecule has 1 aromatic heterocycles. The molecule has 2 aromatic rings. The topological polar surface area (TPSA) is 116 Å². The fraction of sp³-hybridized carbons (Fsp3) is 0.167. The number of hydrogen-bond donors (Lipinski definition) is 2. The first-order chi connectivity index (χ1) is 10.1. The minimum absolute atomic E-state index is 0.0122. The van der Waals surface area contributed by atoms with Crippen LogP contribution in [0.15, 0.2) is 24.5 Å². The van der Waals surface area contributed by atoms with Crippen molar-refractivity contribution >= 4 is 23.1 Å². The van der Waals surface area contributed by atoms with Crippen molar-refractivity contribution in [1.82, 2.24) is 9.97 Å². The summed E-state index contributed by atoms with van der Waals surface area (Å²) in [5.74, 6) is 6.47. The van der Waals surface area contributed by atoms with Crippen molar-refractivity contribution in [2.24, 2.45) is 5.84 Å². The Labute approximate surface area is 125 Å². The quantitative estimate of drug-likeness (QED) is 0.495. The molecular weight excluding hydrogens is 298 g/mol. The standard InChI is InChI=1S/C12H12ClN5O3/c1-2-8-11(17-14)15-6-16-12(8)21-7-3-4-10(18(19)20)9(13)5-7/h3-6H,2,14H2,1H3,(H,15,16,17). The van der Waals surface area contributed by atoms with E-state index < -0.39 is 4.92 Å². The molecular formula is C12H12ClN5O3. The average molecular weight is 310 g/mol. The number of nitrogens with one attached hydrogen (secondary N) is 1. The molecule has 0 atom stereocenters. The molecule has 0 unspecified atom stereocenters. The van der Waals surface area contributed by atoms with Crippen molar-refractivity contribution < 1.29 is 9.66 Å². The molecule has 0 aliphatic rings. The highest BCUT2D eigenvalue weighted by Crippen LogP contribution is 2.32. The number of anilines is 1. The highest BCUT2D eigenvalue weighted by Gasteiger charge is 2.15. The number of aromatic nitrogens is 2. The lowest BCUT2D eigenvalue weighted by Crippen LogP contribution is -2.12. The number of ether oxygens (including phenoxy) is 1. The van der Waals surface area contributed by atoms with Crippen molar-refractivity contribution in [2.75, 3.05) is 5.43 Å². The fourth-order valence-corrected chi connectivity index (χ4v) is 1.98. The van der Waals surface area contributed by atoms with E-state index in [1.807, 2.05) is 6.92 Å². The number of nitrogen functional groups attached to an aromatic ring is 1. The van der Waals surface area contributed by atoms with E-state index >= 15 is 0 Å². The first kappa shape index (κ1) is 14.9. The second kappa shape index (κ2) is 6.33. The van der Waals surface area contributed by atoms with Crippen LogP contribution in [0.5, 0.6) is 11.6 Å². The Morgan fingerprint density at radius 1 is 1.48 bits per heavy atom. The number of rotatable bonds is 5. The van der Waals surface area contributed by atoms with Gasteiger partial charge in [0.2, 0.25) is 5.88 Å². The maximum atomic E-state index is 10.7. The van der Waals surface area contributed by atoms with Crippen LogP contribution < -0.4 is 16.0 Å². The molecule has 0 aliphatic carbocycles. The van der Waals surface area contributed by atoms with E-state index in [9.17, 15) is 10.1 Å². The van der Waals surface area contributed by atoms with Gasteiger partial charge in [0, 0.05) is 12.1 Å². The van der Waals surface area contributed by atoms with Crippen LogP contribution in [0.1, 0.15) is 12.5 Å². The molecule has 0 fully saturated rings. The van der Waals surface area contributed by atoms with Gasteiger partial charge >= 0.3 is 0 Å². The molecule has 0 saturated carbocycles. The molecule has 0 aliphatic heterocycles. The Bertz CT molecular complexity index is 680. The first-order valence-corrected chi connectivity index (χ1v) is 6.36. The van der Waals surface area contributed by atoms with Crippen molar-refractivity contribution in [2.45, 2.75) is 13.3 Å². The second-order valence-electron chi connectivity index (χ2n) is 3.98. The minimum Gasteiger partial charge on any atom is -0.438 e. The SMILES string of the molecule is CCc1c(NN)ncnc1Oc1ccc([N+](=O)[O-])c(Cl)c1. The third-order valence-corrected chi connectivity index (χ3v) is 3.03. The summed E-state index contributed by atoms with van der Waals surface area (Å²) in [7, 11) is 0. The van der Waals surface area contributed by atoms with Gasteiger partial charge in [-0.15, -0.1) is 0 Å². The van der Waals surface area contributed by atoms with Crippen molar-refractivity contribution in [3.8, 4) is 11.6 Å². The molecule has 0 spiro atoms. The maximum Gasteiger partial charge on any atom is 0.288 e. The van der Waals surface area contributed by atoms with Crippen LogP contribution in [0.25, 0.3) is 0 Å². The molecule has 1 heterocycles. The highest BCUT2D eigenvalue weighted by molar-refractivity contribution is 6.32. The van der Waals surface area contributed by atoms with Crippen LogP contribution in [0, 0.1) is 10.1 Å². The predicted octanol–water partition coefficient (Wildman–Crippen LogP) is 2.68. The van der Waals surface area contributed by atoms with Gasteiger partial charge in [0.25, 0.3) is 5.69 Å². The van der Waals surface area contributed by atoms with E-state index in [-0.39, 0.29) is 10.7 Å². The molecule has 0 radical (unpaired) electrons. The summed E-state index contributed by atoms with van der Waals surface area (Å²) in [5.41, 5.74) is 2.96. The molecule has 0 amide bonds. The van der Waals surface area contributed by atoms with Gasteiger partial charge in [0.15, 0.2) is 0 Å². The average Bonchev–Trinajstić information content (AvgIpc) is 2.46. The normalized spacial score (nSPS) is 10.2. The Balaban J connectivity index is 2.34. The molecule has 2 rings (SSSR count). The van der Waals surface area contributed by atoms with Gasteiger partial charge in [-0.05, 0) is 12.5 Å². The first-order valence-electron chi connectivity index (χ1n) is 5.99. The highest BCUT2D eigenvalue weighted by atomic mass is 35.5. The zero-order chi connectivity index (χ0) is 15.4. The number of halogens is 1. The maximum absolute atomic E-state index is 10.7. The van der Waals surface area contributed by atoms with E-state index in [0.29, 0.717) is 29.4 Å². The largest absolute Gasteiger partial charge is 0.438 e. The van der Waals surface area contributed by atoms with Crippen LogP contribution in [0.2, 0.25) is 5.02 Å². The van der Waals surface area contributed by atoms with Crippen LogP contribution in [0.3, 0.4) is 0 Å². The van der Waals surface area contributed by atoms with E-state index in [4.69, 9.17) is 22.2 Å². The summed E-state index contributed by atoms with van der Waals surface area (Å²) in [6.07, 6.45) is 1.90. The lowest BCUT2D eigenvalue weighted by atomic mass is 10.2. The summed E-state index contributed by atoms with van der Waals surface area (Å²) < 4.78 is 5.60. The van der Waals surface area contributed by atoms with E-state index in [1.165, 1.54) is 24.5 Å². The lowest BCUT2D eigenvalue weighted by Gasteiger charge is -2.11. The summed E-state index contributed by atoms with van der Waals surface area (Å²) in [6, 6.07) is 4.07.